The van der Waals surface area contributed by atoms with Crippen LogP contribution in [0.15, 0.2) is 28.7 Å². The highest BCUT2D eigenvalue weighted by atomic mass is 16.5. The van der Waals surface area contributed by atoms with Crippen LogP contribution in [-0.2, 0) is 18.3 Å². The van der Waals surface area contributed by atoms with E-state index in [1.807, 2.05) is 20.2 Å². The quantitative estimate of drug-likeness (QED) is 0.346. The van der Waals surface area contributed by atoms with Gasteiger partial charge in [0.2, 0.25) is 17.7 Å². The Labute approximate surface area is 224 Å². The van der Waals surface area contributed by atoms with E-state index in [1.54, 1.807) is 6.07 Å². The number of benzene rings is 1. The van der Waals surface area contributed by atoms with Gasteiger partial charge in [0.05, 0.1) is 14.2 Å². The summed E-state index contributed by atoms with van der Waals surface area (Å²) in [5.74, 6) is 1.24. The number of carbonyl (C=O) groups excluding carboxylic acids is 1. The van der Waals surface area contributed by atoms with Crippen LogP contribution in [-0.4, -0.2) is 62.2 Å². The van der Waals surface area contributed by atoms with Gasteiger partial charge in [-0.2, -0.15) is 9.97 Å². The van der Waals surface area contributed by atoms with Crippen LogP contribution in [0.5, 0.6) is 11.8 Å². The molecule has 9 nitrogen and oxygen atoms in total. The van der Waals surface area contributed by atoms with Gasteiger partial charge in [-0.3, -0.25) is 4.79 Å². The van der Waals surface area contributed by atoms with E-state index in [-0.39, 0.29) is 28.6 Å². The first-order valence-corrected chi connectivity index (χ1v) is 13.0. The number of rotatable bonds is 11. The van der Waals surface area contributed by atoms with Gasteiger partial charge in [-0.05, 0) is 86.6 Å². The molecule has 1 amide bonds. The maximum absolute atomic E-state index is 13.1. The van der Waals surface area contributed by atoms with E-state index in [0.29, 0.717) is 18.9 Å². The Kier molecular flexibility index (Phi) is 8.26. The Morgan fingerprint density at radius 3 is 2.50 bits per heavy atom. The van der Waals surface area contributed by atoms with Gasteiger partial charge in [0.15, 0.2) is 11.4 Å². The lowest BCUT2D eigenvalue weighted by molar-refractivity contribution is 0.0994. The second kappa shape index (κ2) is 11.4. The molecule has 1 aliphatic rings. The van der Waals surface area contributed by atoms with Gasteiger partial charge in [0, 0.05) is 13.0 Å². The number of furan rings is 1. The fraction of sp³-hybridized carbons (Fsp3) is 0.483. The van der Waals surface area contributed by atoms with E-state index < -0.39 is 5.91 Å². The number of hydrogen-bond donors (Lipinski definition) is 2. The highest BCUT2D eigenvalue weighted by Crippen LogP contribution is 2.40. The van der Waals surface area contributed by atoms with Gasteiger partial charge >= 0.3 is 0 Å². The molecule has 3 aromatic rings. The number of aryl methyl sites for hydroxylation is 2. The molecule has 0 spiro atoms. The normalized spacial score (nSPS) is 13.9. The fourth-order valence-electron chi connectivity index (χ4n) is 4.88. The first-order chi connectivity index (χ1) is 18.1. The predicted octanol–water partition coefficient (Wildman–Crippen LogP) is 4.83. The molecule has 0 saturated carbocycles. The molecule has 204 valence electrons. The SMILES string of the molecule is COc1nc(NCCCN(C)C)nc(OC)c1NC(=O)c1ccc(Cc2cc3c(cc2C)CCC3(C)C)o1. The number of methoxy groups -OCH3 is 2. The van der Waals surface area contributed by atoms with Gasteiger partial charge in [-0.15, -0.1) is 0 Å². The summed E-state index contributed by atoms with van der Waals surface area (Å²) in [5, 5.41) is 5.97. The Balaban J connectivity index is 1.47. The summed E-state index contributed by atoms with van der Waals surface area (Å²) in [6.07, 6.45) is 3.83. The zero-order chi connectivity index (χ0) is 27.4. The van der Waals surface area contributed by atoms with Crippen molar-refractivity contribution in [2.24, 2.45) is 0 Å². The van der Waals surface area contributed by atoms with Gasteiger partial charge in [0.25, 0.3) is 5.91 Å². The average molecular weight is 522 g/mol. The minimum atomic E-state index is -0.435. The molecule has 2 aromatic heterocycles. The van der Waals surface area contributed by atoms with Crippen molar-refractivity contribution < 1.29 is 18.7 Å². The Bertz CT molecular complexity index is 1270. The van der Waals surface area contributed by atoms with Crippen LogP contribution in [0.2, 0.25) is 0 Å². The van der Waals surface area contributed by atoms with Crippen LogP contribution in [0.3, 0.4) is 0 Å². The van der Waals surface area contributed by atoms with Crippen LogP contribution < -0.4 is 20.1 Å². The summed E-state index contributed by atoms with van der Waals surface area (Å²) in [5.41, 5.74) is 5.74. The number of amides is 1. The number of anilines is 2. The summed E-state index contributed by atoms with van der Waals surface area (Å²) >= 11 is 0. The molecule has 0 bridgehead atoms. The largest absolute Gasteiger partial charge is 0.479 e. The molecule has 0 atom stereocenters. The van der Waals surface area contributed by atoms with Crippen LogP contribution in [0, 0.1) is 6.92 Å². The lowest BCUT2D eigenvalue weighted by Gasteiger charge is -2.20. The van der Waals surface area contributed by atoms with Gasteiger partial charge < -0.3 is 29.4 Å². The monoisotopic (exact) mass is 521 g/mol. The molecule has 0 unspecified atom stereocenters. The molecule has 0 radical (unpaired) electrons. The molecule has 0 fully saturated rings. The van der Waals surface area contributed by atoms with E-state index in [0.717, 1.165) is 25.1 Å². The van der Waals surface area contributed by atoms with E-state index in [9.17, 15) is 4.79 Å². The molecular weight excluding hydrogens is 482 g/mol. The topological polar surface area (TPSA) is 102 Å². The maximum Gasteiger partial charge on any atom is 0.291 e. The lowest BCUT2D eigenvalue weighted by Crippen LogP contribution is -2.18. The summed E-state index contributed by atoms with van der Waals surface area (Å²) in [6, 6.07) is 8.13. The predicted molar refractivity (Wildman–Crippen MR) is 149 cm³/mol. The van der Waals surface area contributed by atoms with Crippen LogP contribution in [0.1, 0.15) is 65.3 Å². The van der Waals surface area contributed by atoms with E-state index in [1.165, 1.54) is 42.9 Å². The van der Waals surface area contributed by atoms with Crippen molar-refractivity contribution in [1.29, 1.82) is 0 Å². The third kappa shape index (κ3) is 6.10. The number of fused-ring (bicyclic) bond motifs is 1. The number of nitrogens with zero attached hydrogens (tertiary/aromatic N) is 3. The second-order valence-corrected chi connectivity index (χ2v) is 10.7. The average Bonchev–Trinajstić information content (AvgIpc) is 3.46. The number of ether oxygens (including phenoxy) is 2. The van der Waals surface area contributed by atoms with Crippen molar-refractivity contribution in [1.82, 2.24) is 14.9 Å². The molecule has 0 saturated heterocycles. The van der Waals surface area contributed by atoms with E-state index in [2.05, 4.69) is 58.4 Å². The molecule has 1 aromatic carbocycles. The number of nitrogens with one attached hydrogen (secondary N) is 2. The van der Waals surface area contributed by atoms with Crippen LogP contribution >= 0.6 is 0 Å². The van der Waals surface area contributed by atoms with Crippen molar-refractivity contribution in [3.05, 3.63) is 58.0 Å². The zero-order valence-corrected chi connectivity index (χ0v) is 23.5. The summed E-state index contributed by atoms with van der Waals surface area (Å²) in [7, 11) is 7.02. The maximum atomic E-state index is 13.1. The van der Waals surface area contributed by atoms with E-state index >= 15 is 0 Å². The second-order valence-electron chi connectivity index (χ2n) is 10.7. The summed E-state index contributed by atoms with van der Waals surface area (Å²) < 4.78 is 16.8. The first-order valence-electron chi connectivity index (χ1n) is 13.0. The summed E-state index contributed by atoms with van der Waals surface area (Å²) in [6.45, 7) is 8.36. The van der Waals surface area contributed by atoms with Crippen molar-refractivity contribution in [3.63, 3.8) is 0 Å². The number of aromatic nitrogens is 2. The summed E-state index contributed by atoms with van der Waals surface area (Å²) in [4.78, 5) is 24.0. The van der Waals surface area contributed by atoms with Gasteiger partial charge in [0.1, 0.15) is 5.76 Å². The van der Waals surface area contributed by atoms with Gasteiger partial charge in [-0.25, -0.2) is 0 Å². The standard InChI is InChI=1S/C29H39N5O4/c1-18-15-19-11-12-29(2,3)22(19)17-20(18)16-21-9-10-23(38-21)25(35)31-24-26(36-6)32-28(33-27(24)37-7)30-13-8-14-34(4)5/h9-10,15,17H,8,11-14,16H2,1-7H3,(H,31,35)(H,30,32,33). The minimum Gasteiger partial charge on any atom is -0.479 e. The van der Waals surface area contributed by atoms with Crippen molar-refractivity contribution in [2.75, 3.05) is 52.0 Å². The van der Waals surface area contributed by atoms with E-state index in [4.69, 9.17) is 13.9 Å². The third-order valence-electron chi connectivity index (χ3n) is 7.09. The zero-order valence-electron chi connectivity index (χ0n) is 23.5. The fourth-order valence-corrected chi connectivity index (χ4v) is 4.88. The highest BCUT2D eigenvalue weighted by Gasteiger charge is 2.30. The minimum absolute atomic E-state index is 0.184. The Morgan fingerprint density at radius 2 is 1.84 bits per heavy atom. The van der Waals surface area contributed by atoms with Crippen molar-refractivity contribution >= 4 is 17.5 Å². The number of hydrogen-bond acceptors (Lipinski definition) is 8. The Morgan fingerprint density at radius 1 is 1.13 bits per heavy atom. The molecule has 9 heteroatoms. The third-order valence-corrected chi connectivity index (χ3v) is 7.09. The molecule has 1 aliphatic carbocycles. The number of carbonyl (C=O) groups is 1. The lowest BCUT2D eigenvalue weighted by atomic mass is 9.84. The molecular formula is C29H39N5O4. The molecule has 4 rings (SSSR count). The molecule has 0 aliphatic heterocycles. The Hall–Kier alpha value is -3.59. The first kappa shape index (κ1) is 27.4. The highest BCUT2D eigenvalue weighted by molar-refractivity contribution is 6.03. The van der Waals surface area contributed by atoms with Crippen LogP contribution in [0.4, 0.5) is 11.6 Å². The van der Waals surface area contributed by atoms with Crippen molar-refractivity contribution in [2.45, 2.75) is 51.9 Å². The van der Waals surface area contributed by atoms with Gasteiger partial charge in [-0.1, -0.05) is 26.0 Å². The molecule has 2 N–H and O–H groups in total. The molecule has 2 heterocycles. The van der Waals surface area contributed by atoms with Crippen LogP contribution in [0.25, 0.3) is 0 Å². The smallest absolute Gasteiger partial charge is 0.291 e. The molecule has 38 heavy (non-hydrogen) atoms. The van der Waals surface area contributed by atoms with Crippen molar-refractivity contribution in [3.8, 4) is 11.8 Å².